The minimum absolute atomic E-state index is 0.0223. The number of Topliss-reactive ketones (excluding diaryl/α,β-unsaturated/α-hetero) is 2. The van der Waals surface area contributed by atoms with E-state index in [9.17, 15) is 9.59 Å². The Kier molecular flexibility index (Phi) is 1.68. The quantitative estimate of drug-likeness (QED) is 0.458. The Labute approximate surface area is 78.4 Å². The van der Waals surface area contributed by atoms with Gasteiger partial charge in [-0.25, -0.2) is 0 Å². The van der Waals surface area contributed by atoms with Crippen LogP contribution in [0.15, 0.2) is 4.99 Å². The molecule has 4 heteroatoms. The molecule has 0 aromatic heterocycles. The molecule has 1 aliphatic carbocycles. The normalized spacial score (nSPS) is 34.9. The highest BCUT2D eigenvalue weighted by molar-refractivity contribution is 9.10. The van der Waals surface area contributed by atoms with Crippen LogP contribution in [-0.2, 0) is 9.59 Å². The fourth-order valence-corrected chi connectivity index (χ4v) is 2.47. The van der Waals surface area contributed by atoms with Crippen molar-refractivity contribution in [2.45, 2.75) is 23.6 Å². The van der Waals surface area contributed by atoms with Crippen LogP contribution in [0, 0.1) is 0 Å². The monoisotopic (exact) mass is 229 g/mol. The third kappa shape index (κ3) is 0.905. The van der Waals surface area contributed by atoms with E-state index in [2.05, 4.69) is 20.9 Å². The molecule has 1 unspecified atom stereocenters. The summed E-state index contributed by atoms with van der Waals surface area (Å²) in [5.41, 5.74) is 0.457. The van der Waals surface area contributed by atoms with Crippen molar-refractivity contribution in [1.29, 1.82) is 0 Å². The zero-order chi connectivity index (χ0) is 8.77. The Balaban J connectivity index is 2.49. The van der Waals surface area contributed by atoms with Crippen LogP contribution in [0.3, 0.4) is 0 Å². The Morgan fingerprint density at radius 2 is 2.17 bits per heavy atom. The molecule has 1 heterocycles. The van der Waals surface area contributed by atoms with Crippen LogP contribution < -0.4 is 0 Å². The fourth-order valence-electron chi connectivity index (χ4n) is 1.71. The Morgan fingerprint density at radius 1 is 1.42 bits per heavy atom. The molecule has 0 N–H and O–H groups in total. The number of alkyl halides is 1. The number of fused-ring (bicyclic) bond motifs is 1. The van der Waals surface area contributed by atoms with E-state index in [0.29, 0.717) is 12.3 Å². The molecule has 64 valence electrons. The second-order valence-corrected chi connectivity index (χ2v) is 4.51. The van der Waals surface area contributed by atoms with Gasteiger partial charge in [0.05, 0.1) is 6.42 Å². The first-order chi connectivity index (χ1) is 5.64. The van der Waals surface area contributed by atoms with Gasteiger partial charge in [-0.05, 0) is 12.8 Å². The molecule has 0 aromatic rings. The van der Waals surface area contributed by atoms with E-state index < -0.39 is 4.32 Å². The lowest BCUT2D eigenvalue weighted by Gasteiger charge is -2.23. The van der Waals surface area contributed by atoms with E-state index in [-0.39, 0.29) is 18.0 Å². The minimum Gasteiger partial charge on any atom is -0.297 e. The van der Waals surface area contributed by atoms with Gasteiger partial charge in [0.1, 0.15) is 10.0 Å². The molecule has 0 bridgehead atoms. The van der Waals surface area contributed by atoms with Gasteiger partial charge in [-0.1, -0.05) is 15.9 Å². The third-order valence-electron chi connectivity index (χ3n) is 2.35. The summed E-state index contributed by atoms with van der Waals surface area (Å²) in [6.45, 7) is 0.682. The molecule has 0 aromatic carbocycles. The van der Waals surface area contributed by atoms with Crippen molar-refractivity contribution in [3.63, 3.8) is 0 Å². The Hall–Kier alpha value is -0.510. The molecule has 0 radical (unpaired) electrons. The lowest BCUT2D eigenvalue weighted by Crippen LogP contribution is -2.38. The van der Waals surface area contributed by atoms with Crippen LogP contribution in [0.25, 0.3) is 0 Å². The molecule has 3 nitrogen and oxygen atoms in total. The van der Waals surface area contributed by atoms with E-state index in [1.54, 1.807) is 0 Å². The van der Waals surface area contributed by atoms with Crippen LogP contribution in [0.1, 0.15) is 19.3 Å². The average Bonchev–Trinajstić information content (AvgIpc) is 2.25. The molecule has 12 heavy (non-hydrogen) atoms. The predicted octanol–water partition coefficient (Wildman–Crippen LogP) is 0.897. The van der Waals surface area contributed by atoms with Crippen LogP contribution in [0.4, 0.5) is 0 Å². The second-order valence-electron chi connectivity index (χ2n) is 3.16. The van der Waals surface area contributed by atoms with E-state index >= 15 is 0 Å². The fraction of sp³-hybridized carbons (Fsp3) is 0.625. The molecule has 1 saturated carbocycles. The van der Waals surface area contributed by atoms with Crippen molar-refractivity contribution in [3.8, 4) is 0 Å². The summed E-state index contributed by atoms with van der Waals surface area (Å²) >= 11 is 3.33. The van der Waals surface area contributed by atoms with Crippen molar-refractivity contribution < 1.29 is 9.59 Å². The maximum Gasteiger partial charge on any atom is 0.185 e. The topological polar surface area (TPSA) is 46.5 Å². The van der Waals surface area contributed by atoms with Gasteiger partial charge in [-0.15, -0.1) is 0 Å². The van der Waals surface area contributed by atoms with Gasteiger partial charge >= 0.3 is 0 Å². The van der Waals surface area contributed by atoms with Gasteiger partial charge in [0.25, 0.3) is 0 Å². The number of hydrogen-bond donors (Lipinski definition) is 0. The molecular formula is C8H8BrNO2. The van der Waals surface area contributed by atoms with E-state index in [4.69, 9.17) is 0 Å². The van der Waals surface area contributed by atoms with Gasteiger partial charge < -0.3 is 0 Å². The maximum atomic E-state index is 11.4. The van der Waals surface area contributed by atoms with Crippen LogP contribution in [-0.4, -0.2) is 28.1 Å². The first-order valence-electron chi connectivity index (χ1n) is 3.95. The number of ketones is 2. The summed E-state index contributed by atoms with van der Waals surface area (Å²) in [5, 5.41) is 0. The summed E-state index contributed by atoms with van der Waals surface area (Å²) in [6, 6.07) is 0. The zero-order valence-corrected chi connectivity index (χ0v) is 8.06. The van der Waals surface area contributed by atoms with E-state index in [1.165, 1.54) is 0 Å². The van der Waals surface area contributed by atoms with Crippen LogP contribution in [0.5, 0.6) is 0 Å². The van der Waals surface area contributed by atoms with Crippen LogP contribution in [0.2, 0.25) is 0 Å². The third-order valence-corrected chi connectivity index (χ3v) is 3.57. The lowest BCUT2D eigenvalue weighted by molar-refractivity contribution is -0.121. The highest BCUT2D eigenvalue weighted by atomic mass is 79.9. The molecule has 0 spiro atoms. The number of rotatable bonds is 0. The standard InChI is InChI=1S/C8H8BrNO2/c9-8-2-1-3-10-7(8)5(11)4-6(8)12/h1-4H2. The number of carbonyl (C=O) groups excluding carboxylic acids is 2. The molecule has 1 fully saturated rings. The van der Waals surface area contributed by atoms with Gasteiger partial charge in [-0.3, -0.25) is 14.6 Å². The molecule has 1 aliphatic heterocycles. The van der Waals surface area contributed by atoms with Gasteiger partial charge in [0.2, 0.25) is 0 Å². The highest BCUT2D eigenvalue weighted by Crippen LogP contribution is 2.37. The summed E-state index contributed by atoms with van der Waals surface area (Å²) in [4.78, 5) is 26.7. The van der Waals surface area contributed by atoms with Gasteiger partial charge in [0.15, 0.2) is 11.6 Å². The predicted molar refractivity (Wildman–Crippen MR) is 47.8 cm³/mol. The zero-order valence-electron chi connectivity index (χ0n) is 6.47. The Morgan fingerprint density at radius 3 is 2.83 bits per heavy atom. The number of carbonyl (C=O) groups is 2. The number of halogens is 1. The first-order valence-corrected chi connectivity index (χ1v) is 4.74. The SMILES string of the molecule is O=C1CC(=O)C2(Br)CCCN=C12. The summed E-state index contributed by atoms with van der Waals surface area (Å²) in [6.07, 6.45) is 1.63. The van der Waals surface area contributed by atoms with Gasteiger partial charge in [-0.2, -0.15) is 0 Å². The summed E-state index contributed by atoms with van der Waals surface area (Å²) < 4.78 is -0.706. The van der Waals surface area contributed by atoms with Crippen molar-refractivity contribution in [2.24, 2.45) is 4.99 Å². The first kappa shape index (κ1) is 8.10. The van der Waals surface area contributed by atoms with Crippen molar-refractivity contribution in [3.05, 3.63) is 0 Å². The average molecular weight is 230 g/mol. The van der Waals surface area contributed by atoms with Crippen molar-refractivity contribution in [2.75, 3.05) is 6.54 Å². The number of nitrogens with zero attached hydrogens (tertiary/aromatic N) is 1. The van der Waals surface area contributed by atoms with E-state index in [0.717, 1.165) is 12.8 Å². The largest absolute Gasteiger partial charge is 0.297 e. The molecular weight excluding hydrogens is 222 g/mol. The van der Waals surface area contributed by atoms with Gasteiger partial charge in [0, 0.05) is 6.54 Å². The number of aliphatic imine (C=N–C) groups is 1. The molecule has 0 amide bonds. The van der Waals surface area contributed by atoms with Crippen LogP contribution >= 0.6 is 15.9 Å². The minimum atomic E-state index is -0.706. The summed E-state index contributed by atoms with van der Waals surface area (Å²) in [5.74, 6) is -0.123. The highest BCUT2D eigenvalue weighted by Gasteiger charge is 2.51. The second kappa shape index (κ2) is 2.49. The van der Waals surface area contributed by atoms with E-state index in [1.807, 2.05) is 0 Å². The lowest BCUT2D eigenvalue weighted by atomic mass is 9.96. The molecule has 2 rings (SSSR count). The molecule has 0 saturated heterocycles. The maximum absolute atomic E-state index is 11.4. The number of hydrogen-bond acceptors (Lipinski definition) is 3. The Bertz CT molecular complexity index is 297. The van der Waals surface area contributed by atoms with Crippen molar-refractivity contribution in [1.82, 2.24) is 0 Å². The smallest absolute Gasteiger partial charge is 0.185 e. The van der Waals surface area contributed by atoms with Crippen molar-refractivity contribution >= 4 is 33.2 Å². The molecule has 2 aliphatic rings. The molecule has 1 atom stereocenters. The summed E-state index contributed by atoms with van der Waals surface area (Å²) in [7, 11) is 0.